The van der Waals surface area contributed by atoms with Crippen molar-refractivity contribution in [3.05, 3.63) is 59.7 Å². The molecule has 168 valence electrons. The summed E-state index contributed by atoms with van der Waals surface area (Å²) in [6.07, 6.45) is 12.6. The lowest BCUT2D eigenvalue weighted by Crippen LogP contribution is -2.39. The van der Waals surface area contributed by atoms with Crippen molar-refractivity contribution in [3.63, 3.8) is 0 Å². The van der Waals surface area contributed by atoms with Crippen LogP contribution in [0.4, 0.5) is 5.69 Å². The third-order valence-electron chi connectivity index (χ3n) is 7.15. The Kier molecular flexibility index (Phi) is 5.32. The van der Waals surface area contributed by atoms with Crippen molar-refractivity contribution < 1.29 is 9.47 Å². The average molecular weight is 448 g/mol. The van der Waals surface area contributed by atoms with Crippen LogP contribution in [0.5, 0.6) is 11.5 Å². The summed E-state index contributed by atoms with van der Waals surface area (Å²) >= 11 is 1.93. The molecule has 3 nitrogen and oxygen atoms in total. The monoisotopic (exact) mass is 447 g/mol. The van der Waals surface area contributed by atoms with Gasteiger partial charge in [-0.2, -0.15) is 11.8 Å². The van der Waals surface area contributed by atoms with Gasteiger partial charge in [-0.1, -0.05) is 30.4 Å². The Bertz CT molecular complexity index is 1120. The Labute approximate surface area is 196 Å². The number of thioether (sulfide) groups is 1. The van der Waals surface area contributed by atoms with E-state index in [1.54, 1.807) is 7.11 Å². The highest BCUT2D eigenvalue weighted by Gasteiger charge is 2.46. The summed E-state index contributed by atoms with van der Waals surface area (Å²) in [7, 11) is 1.75. The minimum absolute atomic E-state index is 0.00387. The minimum atomic E-state index is -0.0729. The zero-order valence-electron chi connectivity index (χ0n) is 19.7. The molecule has 2 aromatic carbocycles. The fraction of sp³-hybridized carbons (Fsp3) is 0.429. The SMILES string of the molecule is COc1cccc2c1-c1ccc3c(c1C(C1(CSC)CC=CCC1)O2)C(C)=CC(C)(C)N3. The number of ether oxygens (including phenoxy) is 2. The van der Waals surface area contributed by atoms with Crippen LogP contribution in [0, 0.1) is 5.41 Å². The maximum atomic E-state index is 6.98. The molecule has 2 heterocycles. The average Bonchev–Trinajstić information content (AvgIpc) is 2.77. The molecule has 0 radical (unpaired) electrons. The molecule has 32 heavy (non-hydrogen) atoms. The number of hydrogen-bond acceptors (Lipinski definition) is 4. The molecule has 2 atom stereocenters. The van der Waals surface area contributed by atoms with Crippen molar-refractivity contribution in [2.24, 2.45) is 5.41 Å². The predicted octanol–water partition coefficient (Wildman–Crippen LogP) is 7.49. The van der Waals surface area contributed by atoms with E-state index in [4.69, 9.17) is 9.47 Å². The number of fused-ring (bicyclic) bond motifs is 5. The van der Waals surface area contributed by atoms with Crippen LogP contribution in [0.25, 0.3) is 16.7 Å². The van der Waals surface area contributed by atoms with E-state index in [0.717, 1.165) is 42.1 Å². The molecule has 2 aromatic rings. The quantitative estimate of drug-likeness (QED) is 0.492. The second kappa shape index (κ2) is 7.91. The lowest BCUT2D eigenvalue weighted by Gasteiger charge is -2.46. The first-order chi connectivity index (χ1) is 15.4. The molecule has 0 saturated heterocycles. The molecule has 0 amide bonds. The maximum absolute atomic E-state index is 6.98. The van der Waals surface area contributed by atoms with Crippen LogP contribution in [0.15, 0.2) is 48.6 Å². The highest BCUT2D eigenvalue weighted by Crippen LogP contribution is 2.58. The number of nitrogens with one attached hydrogen (secondary N) is 1. The lowest BCUT2D eigenvalue weighted by molar-refractivity contribution is 0.0521. The standard InChI is InChI=1S/C28H33NO2S/c1-18-16-27(2,3)29-20-13-12-19-24-21(30-4)10-9-11-22(24)31-26(25(19)23(18)20)28(17-32-5)14-7-6-8-15-28/h6-7,9-13,16,26,29H,8,14-15,17H2,1-5H3. The zero-order valence-corrected chi connectivity index (χ0v) is 20.6. The Hall–Kier alpha value is -2.33. The lowest BCUT2D eigenvalue weighted by atomic mass is 9.68. The molecule has 0 fully saturated rings. The molecule has 5 rings (SSSR count). The van der Waals surface area contributed by atoms with Gasteiger partial charge < -0.3 is 14.8 Å². The number of rotatable bonds is 4. The molecule has 3 aliphatic rings. The smallest absolute Gasteiger partial charge is 0.132 e. The molecule has 1 aliphatic carbocycles. The third-order valence-corrected chi connectivity index (χ3v) is 8.01. The van der Waals surface area contributed by atoms with E-state index < -0.39 is 0 Å². The van der Waals surface area contributed by atoms with Gasteiger partial charge in [-0.3, -0.25) is 0 Å². The molecule has 0 spiro atoms. The summed E-state index contributed by atoms with van der Waals surface area (Å²) < 4.78 is 12.8. The molecular weight excluding hydrogens is 414 g/mol. The van der Waals surface area contributed by atoms with Gasteiger partial charge in [0.15, 0.2) is 0 Å². The summed E-state index contributed by atoms with van der Waals surface area (Å²) in [4.78, 5) is 0. The topological polar surface area (TPSA) is 30.5 Å². The van der Waals surface area contributed by atoms with Gasteiger partial charge in [0.1, 0.15) is 17.6 Å². The molecule has 2 aliphatic heterocycles. The predicted molar refractivity (Wildman–Crippen MR) is 137 cm³/mol. The second-order valence-electron chi connectivity index (χ2n) is 9.96. The van der Waals surface area contributed by atoms with Crippen molar-refractivity contribution in [1.82, 2.24) is 0 Å². The summed E-state index contributed by atoms with van der Waals surface area (Å²) in [5.41, 5.74) is 7.45. The summed E-state index contributed by atoms with van der Waals surface area (Å²) in [6.45, 7) is 6.71. The van der Waals surface area contributed by atoms with E-state index in [1.165, 1.54) is 28.0 Å². The molecular formula is C28H33NO2S. The van der Waals surface area contributed by atoms with Gasteiger partial charge in [-0.05, 0) is 75.6 Å². The van der Waals surface area contributed by atoms with Gasteiger partial charge in [0, 0.05) is 28.0 Å². The number of hydrogen-bond donors (Lipinski definition) is 1. The summed E-state index contributed by atoms with van der Waals surface area (Å²) in [5, 5.41) is 3.75. The maximum Gasteiger partial charge on any atom is 0.132 e. The van der Waals surface area contributed by atoms with E-state index in [9.17, 15) is 0 Å². The highest BCUT2D eigenvalue weighted by molar-refractivity contribution is 7.98. The Morgan fingerprint density at radius 1 is 1.16 bits per heavy atom. The van der Waals surface area contributed by atoms with Gasteiger partial charge >= 0.3 is 0 Å². The largest absolute Gasteiger partial charge is 0.496 e. The second-order valence-corrected chi connectivity index (χ2v) is 10.8. The van der Waals surface area contributed by atoms with Crippen molar-refractivity contribution in [1.29, 1.82) is 0 Å². The van der Waals surface area contributed by atoms with Crippen molar-refractivity contribution >= 4 is 23.0 Å². The van der Waals surface area contributed by atoms with Crippen LogP contribution >= 0.6 is 11.8 Å². The van der Waals surface area contributed by atoms with E-state index in [-0.39, 0.29) is 17.1 Å². The molecule has 4 heteroatoms. The van der Waals surface area contributed by atoms with E-state index in [0.29, 0.717) is 0 Å². The first kappa shape index (κ1) is 21.5. The Morgan fingerprint density at radius 2 is 2.00 bits per heavy atom. The van der Waals surface area contributed by atoms with Gasteiger partial charge in [0.2, 0.25) is 0 Å². The Balaban J connectivity index is 1.81. The normalized spacial score (nSPS) is 24.9. The number of anilines is 1. The van der Waals surface area contributed by atoms with Crippen molar-refractivity contribution in [3.8, 4) is 22.6 Å². The number of methoxy groups -OCH3 is 1. The third kappa shape index (κ3) is 3.35. The molecule has 0 aromatic heterocycles. The van der Waals surface area contributed by atoms with Gasteiger partial charge in [0.25, 0.3) is 0 Å². The van der Waals surface area contributed by atoms with E-state index >= 15 is 0 Å². The fourth-order valence-electron chi connectivity index (χ4n) is 5.94. The van der Waals surface area contributed by atoms with Gasteiger partial charge in [0.05, 0.1) is 18.2 Å². The van der Waals surface area contributed by atoms with Crippen LogP contribution in [-0.2, 0) is 0 Å². The number of benzene rings is 2. The fourth-order valence-corrected chi connectivity index (χ4v) is 6.93. The zero-order chi connectivity index (χ0) is 22.5. The first-order valence-corrected chi connectivity index (χ1v) is 12.9. The Morgan fingerprint density at radius 3 is 2.72 bits per heavy atom. The first-order valence-electron chi connectivity index (χ1n) is 11.5. The van der Waals surface area contributed by atoms with Crippen LogP contribution in [-0.4, -0.2) is 24.7 Å². The van der Waals surface area contributed by atoms with Crippen molar-refractivity contribution in [2.75, 3.05) is 24.4 Å². The molecule has 1 N–H and O–H groups in total. The minimum Gasteiger partial charge on any atom is -0.496 e. The van der Waals surface area contributed by atoms with Crippen molar-refractivity contribution in [2.45, 2.75) is 51.7 Å². The number of allylic oxidation sites excluding steroid dienone is 3. The van der Waals surface area contributed by atoms with Crippen LogP contribution in [0.2, 0.25) is 0 Å². The van der Waals surface area contributed by atoms with E-state index in [2.05, 4.69) is 68.8 Å². The van der Waals surface area contributed by atoms with Gasteiger partial charge in [-0.25, -0.2) is 0 Å². The van der Waals surface area contributed by atoms with Crippen LogP contribution in [0.1, 0.15) is 57.3 Å². The van der Waals surface area contributed by atoms with Crippen LogP contribution in [0.3, 0.4) is 0 Å². The molecule has 2 unspecified atom stereocenters. The van der Waals surface area contributed by atoms with E-state index in [1.807, 2.05) is 23.9 Å². The molecule has 0 bridgehead atoms. The van der Waals surface area contributed by atoms with Crippen LogP contribution < -0.4 is 14.8 Å². The summed E-state index contributed by atoms with van der Waals surface area (Å²) in [5.74, 6) is 2.88. The van der Waals surface area contributed by atoms with Gasteiger partial charge in [-0.15, -0.1) is 0 Å². The summed E-state index contributed by atoms with van der Waals surface area (Å²) in [6, 6.07) is 10.7. The highest BCUT2D eigenvalue weighted by atomic mass is 32.2. The molecule has 0 saturated carbocycles.